The van der Waals surface area contributed by atoms with Crippen LogP contribution >= 0.6 is 0 Å². The van der Waals surface area contributed by atoms with E-state index >= 15 is 0 Å². The quantitative estimate of drug-likeness (QED) is 0.224. The highest BCUT2D eigenvalue weighted by Gasteiger charge is 2.35. The third kappa shape index (κ3) is 131. The Bertz CT molecular complexity index is 494. The summed E-state index contributed by atoms with van der Waals surface area (Å²) < 4.78 is 0. The van der Waals surface area contributed by atoms with Gasteiger partial charge < -0.3 is 19.6 Å². The molecule has 0 atom stereocenters. The smallest absolute Gasteiger partial charge is 0.148 e. The molecule has 0 unspecified atom stereocenters. The monoisotopic (exact) mass is 971 g/mol. The van der Waals surface area contributed by atoms with Crippen molar-refractivity contribution in [3.63, 3.8) is 0 Å². The zero-order valence-electron chi connectivity index (χ0n) is 49.0. The number of hydrogen-bond acceptors (Lipinski definition) is 4. The topological polar surface area (TPSA) is 13.0 Å². The molecule has 0 bridgehead atoms. The molecule has 0 spiro atoms. The molecule has 4 fully saturated rings. The molecule has 14 radical (unpaired) electrons. The van der Waals surface area contributed by atoms with E-state index in [-0.39, 0.29) is 61.4 Å². The Morgan fingerprint density at radius 2 is 0.394 bits per heavy atom. The summed E-state index contributed by atoms with van der Waals surface area (Å²) in [5.74, 6) is 1.92. The molecule has 4 aliphatic rings. The fourth-order valence-corrected chi connectivity index (χ4v) is 5.45. The van der Waals surface area contributed by atoms with Gasteiger partial charge in [0.1, 0.15) is 13.4 Å². The van der Waals surface area contributed by atoms with Gasteiger partial charge in [-0.1, -0.05) is 261 Å². The highest BCUT2D eigenvalue weighted by Crippen LogP contribution is 2.29. The van der Waals surface area contributed by atoms with Crippen LogP contribution in [0.2, 0.25) is 89.3 Å². The summed E-state index contributed by atoms with van der Waals surface area (Å²) in [5, 5.41) is 0. The number of rotatable bonds is 0. The van der Waals surface area contributed by atoms with Crippen molar-refractivity contribution < 1.29 is 0 Å². The van der Waals surface area contributed by atoms with Gasteiger partial charge in [0.2, 0.25) is 0 Å². The van der Waals surface area contributed by atoms with E-state index in [0.29, 0.717) is 0 Å². The van der Waals surface area contributed by atoms with Gasteiger partial charge in [0.25, 0.3) is 0 Å². The first-order chi connectivity index (χ1) is 27.5. The van der Waals surface area contributed by atoms with Crippen LogP contribution in [-0.4, -0.2) is 177 Å². The molecule has 4 aliphatic heterocycles. The average Bonchev–Trinajstić information content (AvgIpc) is 3.25. The summed E-state index contributed by atoms with van der Waals surface area (Å²) >= 11 is 0. The van der Waals surface area contributed by atoms with Crippen LogP contribution in [0.3, 0.4) is 0 Å². The Kier molecular flexibility index (Phi) is 232. The Balaban J connectivity index is -0.0000000204. The van der Waals surface area contributed by atoms with Crippen molar-refractivity contribution in [3.05, 3.63) is 0 Å². The van der Waals surface area contributed by atoms with Crippen molar-refractivity contribution in [2.24, 2.45) is 0 Å². The SMILES string of the molecule is C.C.C.C.C.C.CC.CC.CC.CC.CC.CC.CC.CC.CC.CC.CN1CCB2CCN(C)CC2C1.CN1CCB2CCN(C)CC2C1.C[Si](C)(C)C.C[Si](C)(C)C.[B].[B].[B][B].[B][B]. The van der Waals surface area contributed by atoms with Gasteiger partial charge in [-0.05, 0) is 92.2 Å². The fraction of sp³-hybridized carbons (Fsp3) is 1.00. The number of nitrogens with zero attached hydrogens (tertiary/aromatic N) is 4. The standard InChI is InChI=1S/2C9H19BN2.2C4H12Si.10C2H6.6CH4.2B2.2B/c2*1-11-5-3-10-4-6-12(2)8-9(10)7-11;2*1-5(2,3)4;10*1-2;;;;;;;2*1-2;;/h2*9H,3-8H2,1-2H3;2*1-4H3;10*1-2H3;6*1H4;;;;. The van der Waals surface area contributed by atoms with Crippen molar-refractivity contribution in [1.29, 1.82) is 0 Å². The van der Waals surface area contributed by atoms with Crippen molar-refractivity contribution in [2.75, 3.05) is 80.5 Å². The highest BCUT2D eigenvalue weighted by atomic mass is 28.3. The van der Waals surface area contributed by atoms with E-state index in [2.05, 4.69) is 131 Å². The Morgan fingerprint density at radius 3 is 0.485 bits per heavy atom. The summed E-state index contributed by atoms with van der Waals surface area (Å²) in [6, 6.07) is 0. The summed E-state index contributed by atoms with van der Waals surface area (Å²) in [4.78, 5) is 9.95. The molecule has 4 nitrogen and oxygen atoms in total. The second-order valence-electron chi connectivity index (χ2n) is 15.2. The average molecular weight is 970 g/mol. The van der Waals surface area contributed by atoms with Crippen molar-refractivity contribution >= 4 is 77.3 Å². The van der Waals surface area contributed by atoms with E-state index in [4.69, 9.17) is 0 Å². The lowest BCUT2D eigenvalue weighted by atomic mass is 9.34. The maximum Gasteiger partial charge on any atom is 0.148 e. The van der Waals surface area contributed by atoms with Crippen LogP contribution in [0, 0.1) is 0 Å². The maximum absolute atomic E-state index is 4.00. The third-order valence-electron chi connectivity index (χ3n) is 7.04. The first-order valence-electron chi connectivity index (χ1n) is 24.9. The lowest BCUT2D eigenvalue weighted by molar-refractivity contribution is 0.260. The fourth-order valence-electron chi connectivity index (χ4n) is 5.45. The minimum Gasteiger partial charge on any atom is -0.307 e. The van der Waals surface area contributed by atoms with Crippen molar-refractivity contribution in [3.8, 4) is 0 Å². The molecule has 14 heteroatoms. The van der Waals surface area contributed by atoms with Crippen molar-refractivity contribution in [2.45, 2.75) is 272 Å². The van der Waals surface area contributed by atoms with E-state index in [9.17, 15) is 0 Å². The summed E-state index contributed by atoms with van der Waals surface area (Å²) in [7, 11) is 23.8. The second kappa shape index (κ2) is 116. The molecular weight excluding hydrogens is 823 g/mol. The molecule has 0 aromatic rings. The van der Waals surface area contributed by atoms with Gasteiger partial charge in [0.05, 0.1) is 0 Å². The lowest BCUT2D eigenvalue weighted by Gasteiger charge is -2.41. The minimum absolute atomic E-state index is 0. The van der Waals surface area contributed by atoms with Gasteiger partial charge in [-0.25, -0.2) is 0 Å². The van der Waals surface area contributed by atoms with Gasteiger partial charge in [0, 0.05) is 63.9 Å². The molecule has 4 heterocycles. The van der Waals surface area contributed by atoms with E-state index in [0.717, 1.165) is 25.1 Å². The summed E-state index contributed by atoms with van der Waals surface area (Å²) in [6.07, 6.45) is 5.76. The molecule has 0 aromatic heterocycles. The van der Waals surface area contributed by atoms with Crippen LogP contribution in [0.4, 0.5) is 0 Å². The molecule has 0 N–H and O–H groups in total. The molecule has 4 saturated heterocycles. The Labute approximate surface area is 447 Å². The second-order valence-corrected chi connectivity index (χ2v) is 27.2. The van der Waals surface area contributed by atoms with Crippen LogP contribution < -0.4 is 0 Å². The molecule has 66 heavy (non-hydrogen) atoms. The molecule has 0 amide bonds. The largest absolute Gasteiger partial charge is 0.307 e. The molecule has 4 rings (SSSR count). The predicted octanol–water partition coefficient (Wildman–Crippen LogP) is 17.2. The highest BCUT2D eigenvalue weighted by molar-refractivity contribution is 6.76. The zero-order chi connectivity index (χ0) is 50.1. The van der Waals surface area contributed by atoms with Crippen LogP contribution in [0.15, 0.2) is 0 Å². The molecule has 0 saturated carbocycles. The third-order valence-corrected chi connectivity index (χ3v) is 7.04. The van der Waals surface area contributed by atoms with Crippen molar-refractivity contribution in [1.82, 2.24) is 19.6 Å². The Hall–Kier alpha value is 0.793. The number of fused-ring (bicyclic) bond motifs is 2. The maximum atomic E-state index is 4.00. The lowest BCUT2D eigenvalue weighted by Crippen LogP contribution is -2.48. The van der Waals surface area contributed by atoms with Gasteiger partial charge in [-0.2, -0.15) is 0 Å². The van der Waals surface area contributed by atoms with Crippen LogP contribution in [-0.2, 0) is 0 Å². The van der Waals surface area contributed by atoms with Gasteiger partial charge in [0.15, 0.2) is 0 Å². The first-order valence-corrected chi connectivity index (χ1v) is 32.9. The zero-order valence-corrected chi connectivity index (χ0v) is 51.0. The molecular formula is C52H146B8N4Si2. The molecule has 0 aliphatic carbocycles. The Morgan fingerprint density at radius 1 is 0.303 bits per heavy atom. The number of hydrogen-bond donors (Lipinski definition) is 0. The van der Waals surface area contributed by atoms with Crippen LogP contribution in [0.1, 0.15) is 183 Å². The first kappa shape index (κ1) is 132. The molecule has 406 valence electrons. The summed E-state index contributed by atoms with van der Waals surface area (Å²) in [6.45, 7) is 71.3. The predicted molar refractivity (Wildman–Crippen MR) is 355 cm³/mol. The normalized spacial score (nSPS) is 13.4. The van der Waals surface area contributed by atoms with Gasteiger partial charge in [-0.15, -0.1) is 0 Å². The van der Waals surface area contributed by atoms with E-state index in [1.807, 2.05) is 138 Å². The van der Waals surface area contributed by atoms with Crippen LogP contribution in [0.5, 0.6) is 0 Å². The minimum atomic E-state index is -0.611. The van der Waals surface area contributed by atoms with Gasteiger partial charge in [-0.3, -0.25) is 0 Å². The van der Waals surface area contributed by atoms with Gasteiger partial charge >= 0.3 is 0 Å². The summed E-state index contributed by atoms with van der Waals surface area (Å²) in [5.41, 5.74) is 0. The van der Waals surface area contributed by atoms with Crippen LogP contribution in [0.25, 0.3) is 0 Å². The van der Waals surface area contributed by atoms with E-state index in [1.54, 1.807) is 0 Å². The van der Waals surface area contributed by atoms with E-state index < -0.39 is 16.1 Å². The van der Waals surface area contributed by atoms with E-state index in [1.165, 1.54) is 77.6 Å². The molecule has 0 aromatic carbocycles.